The van der Waals surface area contributed by atoms with Crippen LogP contribution in [0.15, 0.2) is 18.3 Å². The Bertz CT molecular complexity index is 942. The number of aromatic nitrogens is 3. The Balaban J connectivity index is 1.38. The van der Waals surface area contributed by atoms with Crippen LogP contribution in [-0.4, -0.2) is 40.2 Å². The van der Waals surface area contributed by atoms with Crippen LogP contribution in [-0.2, 0) is 15.7 Å². The van der Waals surface area contributed by atoms with Gasteiger partial charge in [0, 0.05) is 29.4 Å². The van der Waals surface area contributed by atoms with Gasteiger partial charge < -0.3 is 15.2 Å². The summed E-state index contributed by atoms with van der Waals surface area (Å²) < 4.78 is 52.9. The van der Waals surface area contributed by atoms with Crippen LogP contribution in [0.3, 0.4) is 0 Å². The summed E-state index contributed by atoms with van der Waals surface area (Å²) in [6, 6.07) is 3.07. The topological polar surface area (TPSA) is 75.2 Å². The zero-order valence-corrected chi connectivity index (χ0v) is 16.9. The van der Waals surface area contributed by atoms with Gasteiger partial charge in [0.25, 0.3) is 0 Å². The lowest BCUT2D eigenvalue weighted by atomic mass is 10.0. The van der Waals surface area contributed by atoms with E-state index in [9.17, 15) is 13.2 Å². The molecule has 2 aliphatic carbocycles. The second-order valence-corrected chi connectivity index (χ2v) is 8.89. The van der Waals surface area contributed by atoms with Crippen molar-refractivity contribution in [2.75, 3.05) is 18.9 Å². The Morgan fingerprint density at radius 1 is 1.17 bits per heavy atom. The highest BCUT2D eigenvalue weighted by Crippen LogP contribution is 2.64. The van der Waals surface area contributed by atoms with E-state index in [1.54, 1.807) is 0 Å². The first kappa shape index (κ1) is 19.8. The highest BCUT2D eigenvalue weighted by Gasteiger charge is 2.58. The molecule has 2 saturated carbocycles. The molecule has 2 aromatic rings. The van der Waals surface area contributed by atoms with E-state index < -0.39 is 17.6 Å². The van der Waals surface area contributed by atoms with Gasteiger partial charge in [0.15, 0.2) is 0 Å². The molecule has 0 radical (unpaired) electrons. The number of hydrogen-bond donors (Lipinski definition) is 1. The van der Waals surface area contributed by atoms with Gasteiger partial charge in [-0.1, -0.05) is 0 Å². The van der Waals surface area contributed by atoms with E-state index in [1.165, 1.54) is 6.20 Å². The lowest BCUT2D eigenvalue weighted by Crippen LogP contribution is -2.38. The van der Waals surface area contributed by atoms with E-state index in [1.807, 2.05) is 24.6 Å². The molecule has 3 aliphatic rings. The first-order valence-corrected chi connectivity index (χ1v) is 10.4. The van der Waals surface area contributed by atoms with Gasteiger partial charge >= 0.3 is 6.18 Å². The van der Waals surface area contributed by atoms with Crippen LogP contribution in [0.4, 0.5) is 19.0 Å². The van der Waals surface area contributed by atoms with Gasteiger partial charge in [-0.05, 0) is 50.7 Å². The Hall–Kier alpha value is -2.13. The predicted octanol–water partition coefficient (Wildman–Crippen LogP) is 4.03. The molecule has 3 fully saturated rings. The number of halogens is 3. The van der Waals surface area contributed by atoms with E-state index >= 15 is 0 Å². The first-order chi connectivity index (χ1) is 14.2. The maximum Gasteiger partial charge on any atom is 0.419 e. The van der Waals surface area contributed by atoms with E-state index in [4.69, 9.17) is 15.2 Å². The molecule has 2 unspecified atom stereocenters. The van der Waals surface area contributed by atoms with Crippen molar-refractivity contribution >= 4 is 5.82 Å². The molecule has 0 aromatic carbocycles. The van der Waals surface area contributed by atoms with Gasteiger partial charge in [-0.3, -0.25) is 4.68 Å². The van der Waals surface area contributed by atoms with E-state index in [-0.39, 0.29) is 18.2 Å². The molecule has 3 heterocycles. The Labute approximate surface area is 172 Å². The molecule has 0 spiro atoms. The first-order valence-electron chi connectivity index (χ1n) is 10.4. The molecule has 0 amide bonds. The van der Waals surface area contributed by atoms with Crippen molar-refractivity contribution in [3.63, 3.8) is 0 Å². The Morgan fingerprint density at radius 2 is 1.87 bits per heavy atom. The minimum Gasteiger partial charge on any atom is -0.383 e. The fourth-order valence-corrected chi connectivity index (χ4v) is 4.96. The summed E-state index contributed by atoms with van der Waals surface area (Å²) in [6.45, 7) is 5.44. The van der Waals surface area contributed by atoms with Crippen molar-refractivity contribution in [2.24, 2.45) is 11.8 Å². The predicted molar refractivity (Wildman–Crippen MR) is 104 cm³/mol. The van der Waals surface area contributed by atoms with E-state index in [2.05, 4.69) is 10.1 Å². The van der Waals surface area contributed by atoms with Gasteiger partial charge in [-0.25, -0.2) is 4.98 Å². The fraction of sp³-hybridized carbons (Fsp3) is 0.619. The molecule has 162 valence electrons. The van der Waals surface area contributed by atoms with E-state index in [0.29, 0.717) is 42.2 Å². The Kier molecular flexibility index (Phi) is 4.59. The molecule has 2 atom stereocenters. The van der Waals surface area contributed by atoms with Gasteiger partial charge in [0.2, 0.25) is 0 Å². The minimum atomic E-state index is -4.55. The van der Waals surface area contributed by atoms with Gasteiger partial charge in [0.1, 0.15) is 11.9 Å². The normalized spacial score (nSPS) is 28.6. The number of nitrogen functional groups attached to an aromatic ring is 1. The number of ether oxygens (including phenoxy) is 2. The van der Waals surface area contributed by atoms with Crippen LogP contribution in [0.5, 0.6) is 0 Å². The zero-order valence-electron chi connectivity index (χ0n) is 16.9. The van der Waals surface area contributed by atoms with Crippen LogP contribution in [0.2, 0.25) is 0 Å². The smallest absolute Gasteiger partial charge is 0.383 e. The molecule has 1 aliphatic heterocycles. The van der Waals surface area contributed by atoms with Crippen LogP contribution in [0, 0.1) is 11.8 Å². The maximum atomic E-state index is 13.2. The fourth-order valence-electron chi connectivity index (χ4n) is 4.96. The average molecular weight is 422 g/mol. The SMILES string of the molecule is CC(C)n1nc(-c2cnc(N)c(C(F)(F)F)c2)cc1C1C2CC(OC3COC3)CC21. The molecule has 1 saturated heterocycles. The lowest BCUT2D eigenvalue weighted by molar-refractivity contribution is -0.154. The standard InChI is InChI=1S/C21H25F3N4O2/c1-10(2)28-18(19-14-4-12(5-15(14)19)30-13-8-29-9-13)6-17(27-28)11-3-16(21(22,23)24)20(25)26-7-11/h3,6-7,10,12-15,19H,4-5,8-9H2,1-2H3,(H2,25,26). The van der Waals surface area contributed by atoms with Crippen molar-refractivity contribution in [2.45, 2.75) is 57.0 Å². The third-order valence-electron chi connectivity index (χ3n) is 6.51. The van der Waals surface area contributed by atoms with Crippen LogP contribution in [0.1, 0.15) is 49.9 Å². The summed E-state index contributed by atoms with van der Waals surface area (Å²) in [6.07, 6.45) is -0.627. The molecular formula is C21H25F3N4O2. The number of alkyl halides is 3. The third-order valence-corrected chi connectivity index (χ3v) is 6.51. The molecule has 6 nitrogen and oxygen atoms in total. The number of rotatable bonds is 5. The molecule has 9 heteroatoms. The number of pyridine rings is 1. The van der Waals surface area contributed by atoms with Crippen LogP contribution < -0.4 is 5.73 Å². The van der Waals surface area contributed by atoms with Gasteiger partial charge in [-0.2, -0.15) is 18.3 Å². The molecular weight excluding hydrogens is 397 g/mol. The largest absolute Gasteiger partial charge is 0.419 e. The summed E-state index contributed by atoms with van der Waals surface area (Å²) in [5.41, 5.74) is 6.43. The van der Waals surface area contributed by atoms with Crippen molar-refractivity contribution < 1.29 is 22.6 Å². The highest BCUT2D eigenvalue weighted by atomic mass is 19.4. The van der Waals surface area contributed by atoms with E-state index in [0.717, 1.165) is 24.6 Å². The lowest BCUT2D eigenvalue weighted by Gasteiger charge is -2.30. The third kappa shape index (κ3) is 3.37. The summed E-state index contributed by atoms with van der Waals surface area (Å²) >= 11 is 0. The van der Waals surface area contributed by atoms with Crippen molar-refractivity contribution in [3.05, 3.63) is 29.6 Å². The average Bonchev–Trinajstić information content (AvgIpc) is 3.00. The quantitative estimate of drug-likeness (QED) is 0.787. The summed E-state index contributed by atoms with van der Waals surface area (Å²) in [5, 5.41) is 4.63. The second-order valence-electron chi connectivity index (χ2n) is 8.89. The molecule has 0 bridgehead atoms. The van der Waals surface area contributed by atoms with Crippen molar-refractivity contribution in [1.29, 1.82) is 0 Å². The second kappa shape index (κ2) is 6.95. The van der Waals surface area contributed by atoms with Crippen molar-refractivity contribution in [3.8, 4) is 11.3 Å². The highest BCUT2D eigenvalue weighted by molar-refractivity contribution is 5.63. The number of hydrogen-bond acceptors (Lipinski definition) is 5. The monoisotopic (exact) mass is 422 g/mol. The Morgan fingerprint density at radius 3 is 2.43 bits per heavy atom. The molecule has 5 rings (SSSR count). The molecule has 30 heavy (non-hydrogen) atoms. The summed E-state index contributed by atoms with van der Waals surface area (Å²) in [4.78, 5) is 3.76. The number of anilines is 1. The number of nitrogens with two attached hydrogens (primary N) is 1. The van der Waals surface area contributed by atoms with Crippen molar-refractivity contribution in [1.82, 2.24) is 14.8 Å². The summed E-state index contributed by atoms with van der Waals surface area (Å²) in [5.74, 6) is 0.964. The van der Waals surface area contributed by atoms with Crippen LogP contribution in [0.25, 0.3) is 11.3 Å². The van der Waals surface area contributed by atoms with Gasteiger partial charge in [0.05, 0.1) is 30.6 Å². The zero-order chi connectivity index (χ0) is 21.2. The molecule has 2 aromatic heterocycles. The summed E-state index contributed by atoms with van der Waals surface area (Å²) in [7, 11) is 0. The molecule has 2 N–H and O–H groups in total. The number of fused-ring (bicyclic) bond motifs is 1. The van der Waals surface area contributed by atoms with Crippen LogP contribution >= 0.6 is 0 Å². The minimum absolute atomic E-state index is 0.109. The number of nitrogens with zero attached hydrogens (tertiary/aromatic N) is 3. The van der Waals surface area contributed by atoms with Gasteiger partial charge in [-0.15, -0.1) is 0 Å². The maximum absolute atomic E-state index is 13.2.